The minimum atomic E-state index is 1.28. The highest BCUT2D eigenvalue weighted by molar-refractivity contribution is 7.27. The third-order valence-electron chi connectivity index (χ3n) is 9.68. The van der Waals surface area contributed by atoms with Crippen LogP contribution in [0.15, 0.2) is 146 Å². The van der Waals surface area contributed by atoms with Gasteiger partial charge in [-0.25, -0.2) is 0 Å². The maximum Gasteiger partial charge on any atom is 0.0440 e. The SMILES string of the molecule is c1ccc2sc(-c3ccc4c(c3)c3c(-c5cc6ccccc6s5)ccc(-c5cc6ccccc6s5)c3c3c5ccccc5sc43)cc2c1. The van der Waals surface area contributed by atoms with E-state index in [-0.39, 0.29) is 0 Å². The Labute approximate surface area is 292 Å². The molecule has 11 rings (SSSR count). The molecule has 0 atom stereocenters. The van der Waals surface area contributed by atoms with E-state index in [1.807, 2.05) is 45.3 Å². The Morgan fingerprint density at radius 2 is 0.833 bits per heavy atom. The fourth-order valence-electron chi connectivity index (χ4n) is 7.49. The molecule has 0 amide bonds. The van der Waals surface area contributed by atoms with Crippen molar-refractivity contribution in [1.29, 1.82) is 0 Å². The van der Waals surface area contributed by atoms with Gasteiger partial charge in [-0.1, -0.05) is 97.1 Å². The van der Waals surface area contributed by atoms with Crippen LogP contribution in [0.3, 0.4) is 0 Å². The lowest BCUT2D eigenvalue weighted by Crippen LogP contribution is -1.88. The predicted molar refractivity (Wildman–Crippen MR) is 217 cm³/mol. The molecule has 0 saturated carbocycles. The Morgan fingerprint density at radius 1 is 0.312 bits per heavy atom. The quantitative estimate of drug-likeness (QED) is 0.163. The smallest absolute Gasteiger partial charge is 0.0440 e. The van der Waals surface area contributed by atoms with Gasteiger partial charge in [0.25, 0.3) is 0 Å². The van der Waals surface area contributed by atoms with Crippen LogP contribution in [0.2, 0.25) is 0 Å². The summed E-state index contributed by atoms with van der Waals surface area (Å²) in [4.78, 5) is 3.95. The van der Waals surface area contributed by atoms with E-state index in [2.05, 4.69) is 146 Å². The molecule has 0 aliphatic carbocycles. The van der Waals surface area contributed by atoms with Gasteiger partial charge in [-0.05, 0) is 81.0 Å². The highest BCUT2D eigenvalue weighted by Gasteiger charge is 2.22. The average Bonchev–Trinajstić information content (AvgIpc) is 3.93. The van der Waals surface area contributed by atoms with Crippen molar-refractivity contribution in [2.45, 2.75) is 0 Å². The number of hydrogen-bond donors (Lipinski definition) is 0. The molecule has 0 bridgehead atoms. The number of hydrogen-bond acceptors (Lipinski definition) is 4. The topological polar surface area (TPSA) is 0 Å². The van der Waals surface area contributed by atoms with Crippen LogP contribution < -0.4 is 0 Å². The fourth-order valence-corrected chi connectivity index (χ4v) is 12.0. The molecule has 0 spiro atoms. The normalized spacial score (nSPS) is 12.2. The predicted octanol–water partition coefficient (Wildman–Crippen LogP) is 15.0. The Morgan fingerprint density at radius 3 is 1.46 bits per heavy atom. The average molecular weight is 681 g/mol. The first-order valence-electron chi connectivity index (χ1n) is 16.1. The maximum absolute atomic E-state index is 2.48. The van der Waals surface area contributed by atoms with Gasteiger partial charge in [-0.2, -0.15) is 0 Å². The lowest BCUT2D eigenvalue weighted by atomic mass is 9.89. The monoisotopic (exact) mass is 680 g/mol. The molecule has 0 nitrogen and oxygen atoms in total. The summed E-state index contributed by atoms with van der Waals surface area (Å²) in [6.45, 7) is 0. The third-order valence-corrected chi connectivity index (χ3v) is 14.3. The Hall–Kier alpha value is -4.84. The van der Waals surface area contributed by atoms with Crippen molar-refractivity contribution in [3.05, 3.63) is 146 Å². The summed E-state index contributed by atoms with van der Waals surface area (Å²) in [6.07, 6.45) is 0. The lowest BCUT2D eigenvalue weighted by Gasteiger charge is -2.16. The van der Waals surface area contributed by atoms with Crippen LogP contribution >= 0.6 is 45.3 Å². The van der Waals surface area contributed by atoms with Gasteiger partial charge in [0, 0.05) is 70.8 Å². The highest BCUT2D eigenvalue weighted by Crippen LogP contribution is 2.52. The molecule has 0 saturated heterocycles. The van der Waals surface area contributed by atoms with E-state index >= 15 is 0 Å². The van der Waals surface area contributed by atoms with Crippen LogP contribution in [0.4, 0.5) is 0 Å². The van der Waals surface area contributed by atoms with Crippen LogP contribution in [-0.4, -0.2) is 0 Å². The first-order chi connectivity index (χ1) is 23.8. The Bertz CT molecular complexity index is 2970. The Balaban J connectivity index is 1.34. The molecule has 0 aliphatic rings. The second-order valence-corrected chi connectivity index (χ2v) is 16.7. The summed E-state index contributed by atoms with van der Waals surface area (Å²) in [5.74, 6) is 0. The molecule has 0 radical (unpaired) electrons. The van der Waals surface area contributed by atoms with Crippen LogP contribution in [0, 0.1) is 0 Å². The fraction of sp³-hybridized carbons (Fsp3) is 0. The molecule has 4 heterocycles. The molecular formula is C44H24S4. The molecule has 0 unspecified atom stereocenters. The molecule has 11 aromatic rings. The van der Waals surface area contributed by atoms with Crippen molar-refractivity contribution in [3.8, 4) is 31.3 Å². The highest BCUT2D eigenvalue weighted by atomic mass is 32.1. The summed E-state index contributed by atoms with van der Waals surface area (Å²) in [5.41, 5.74) is 3.91. The molecular weight excluding hydrogens is 657 g/mol. The number of fused-ring (bicyclic) bond motifs is 11. The second-order valence-electron chi connectivity index (χ2n) is 12.4. The van der Waals surface area contributed by atoms with Crippen molar-refractivity contribution in [2.24, 2.45) is 0 Å². The minimum Gasteiger partial charge on any atom is -0.135 e. The van der Waals surface area contributed by atoms with Crippen molar-refractivity contribution in [1.82, 2.24) is 0 Å². The van der Waals surface area contributed by atoms with Gasteiger partial charge in [-0.15, -0.1) is 45.3 Å². The molecule has 0 aliphatic heterocycles. The maximum atomic E-state index is 2.48. The van der Waals surface area contributed by atoms with Gasteiger partial charge in [0.05, 0.1) is 0 Å². The summed E-state index contributed by atoms with van der Waals surface area (Å²) < 4.78 is 6.69. The van der Waals surface area contributed by atoms with E-state index in [9.17, 15) is 0 Å². The molecule has 0 N–H and O–H groups in total. The first kappa shape index (κ1) is 27.1. The van der Waals surface area contributed by atoms with Crippen LogP contribution in [-0.2, 0) is 0 Å². The van der Waals surface area contributed by atoms with E-state index in [4.69, 9.17) is 0 Å². The summed E-state index contributed by atoms with van der Waals surface area (Å²) in [7, 11) is 0. The second kappa shape index (κ2) is 10.3. The summed E-state index contributed by atoms with van der Waals surface area (Å²) in [6, 6.07) is 54.5. The van der Waals surface area contributed by atoms with Gasteiger partial charge in [0.15, 0.2) is 0 Å². The zero-order valence-electron chi connectivity index (χ0n) is 25.5. The van der Waals surface area contributed by atoms with Gasteiger partial charge in [0.1, 0.15) is 0 Å². The largest absolute Gasteiger partial charge is 0.135 e. The standard InChI is InChI=1S/C44H24S4/c1-5-13-34-25(9-1)22-38(45-34)28-17-18-29-33(21-28)41-31(39-23-26-10-2-6-14-35(26)46-39)19-20-32(40-24-27-11-3-7-15-36(27)47-40)42(41)43-30-12-4-8-16-37(30)48-44(29)43/h1-24H. The number of rotatable bonds is 3. The van der Waals surface area contributed by atoms with Crippen LogP contribution in [0.25, 0.3) is 103 Å². The van der Waals surface area contributed by atoms with Crippen LogP contribution in [0.1, 0.15) is 0 Å². The zero-order valence-corrected chi connectivity index (χ0v) is 28.8. The number of benzene rings is 7. The van der Waals surface area contributed by atoms with Gasteiger partial charge < -0.3 is 0 Å². The molecule has 224 valence electrons. The van der Waals surface area contributed by atoms with E-state index in [1.54, 1.807) is 0 Å². The Kier molecular flexibility index (Phi) is 5.84. The van der Waals surface area contributed by atoms with Crippen molar-refractivity contribution >= 4 is 117 Å². The summed E-state index contributed by atoms with van der Waals surface area (Å²) >= 11 is 7.62. The molecule has 7 aromatic carbocycles. The van der Waals surface area contributed by atoms with E-state index in [0.717, 1.165) is 0 Å². The van der Waals surface area contributed by atoms with Gasteiger partial charge in [-0.3, -0.25) is 0 Å². The molecule has 4 aromatic heterocycles. The minimum absolute atomic E-state index is 1.28. The van der Waals surface area contributed by atoms with E-state index in [0.29, 0.717) is 0 Å². The summed E-state index contributed by atoms with van der Waals surface area (Å²) in [5, 5.41) is 12.0. The van der Waals surface area contributed by atoms with E-state index < -0.39 is 0 Å². The van der Waals surface area contributed by atoms with Gasteiger partial charge >= 0.3 is 0 Å². The molecule has 48 heavy (non-hydrogen) atoms. The zero-order chi connectivity index (χ0) is 31.3. The van der Waals surface area contributed by atoms with Crippen molar-refractivity contribution in [2.75, 3.05) is 0 Å². The van der Waals surface area contributed by atoms with E-state index in [1.165, 1.54) is 103 Å². The van der Waals surface area contributed by atoms with Crippen molar-refractivity contribution in [3.63, 3.8) is 0 Å². The first-order valence-corrected chi connectivity index (χ1v) is 19.3. The van der Waals surface area contributed by atoms with Crippen molar-refractivity contribution < 1.29 is 0 Å². The molecule has 4 heteroatoms. The molecule has 0 fully saturated rings. The van der Waals surface area contributed by atoms with Gasteiger partial charge in [0.2, 0.25) is 0 Å². The lowest BCUT2D eigenvalue weighted by molar-refractivity contribution is 1.77. The number of thiophene rings is 4. The third kappa shape index (κ3) is 3.98. The van der Waals surface area contributed by atoms with Crippen LogP contribution in [0.5, 0.6) is 0 Å².